The molecule has 1 heterocycles. The molecule has 0 radical (unpaired) electrons. The quantitative estimate of drug-likeness (QED) is 0.922. The third-order valence-corrected chi connectivity index (χ3v) is 2.94. The van der Waals surface area contributed by atoms with Gasteiger partial charge in [-0.1, -0.05) is 17.7 Å². The molecule has 0 aliphatic heterocycles. The lowest BCUT2D eigenvalue weighted by Gasteiger charge is -2.06. The average Bonchev–Trinajstić information content (AvgIpc) is 2.78. The van der Waals surface area contributed by atoms with Gasteiger partial charge in [0.2, 0.25) is 0 Å². The summed E-state index contributed by atoms with van der Waals surface area (Å²) in [5.74, 6) is 1.38. The van der Waals surface area contributed by atoms with Gasteiger partial charge in [0.25, 0.3) is 0 Å². The number of hydrogen-bond donors (Lipinski definition) is 1. The summed E-state index contributed by atoms with van der Waals surface area (Å²) in [6.45, 7) is 4.54. The highest BCUT2D eigenvalue weighted by atomic mass is 35.5. The molecule has 0 saturated heterocycles. The van der Waals surface area contributed by atoms with E-state index in [0.29, 0.717) is 29.1 Å². The molecule has 0 amide bonds. The number of ether oxygens (including phenoxy) is 1. The first-order chi connectivity index (χ1) is 8.60. The molecule has 0 unspecified atom stereocenters. The monoisotopic (exact) mass is 265 g/mol. The van der Waals surface area contributed by atoms with E-state index in [1.807, 2.05) is 23.0 Å². The van der Waals surface area contributed by atoms with Crippen LogP contribution in [0.2, 0.25) is 5.02 Å². The van der Waals surface area contributed by atoms with Crippen LogP contribution < -0.4 is 10.5 Å². The van der Waals surface area contributed by atoms with E-state index in [2.05, 4.69) is 18.9 Å². The molecule has 4 nitrogen and oxygen atoms in total. The second-order valence-corrected chi connectivity index (χ2v) is 4.72. The maximum atomic E-state index is 6.07. The highest BCUT2D eigenvalue weighted by Crippen LogP contribution is 2.26. The van der Waals surface area contributed by atoms with Crippen LogP contribution in [0.3, 0.4) is 0 Å². The minimum absolute atomic E-state index is 0.311. The molecule has 0 atom stereocenters. The number of rotatable bonds is 4. The fourth-order valence-electron chi connectivity index (χ4n) is 1.55. The fourth-order valence-corrected chi connectivity index (χ4v) is 1.80. The summed E-state index contributed by atoms with van der Waals surface area (Å²) in [4.78, 5) is 0. The highest BCUT2D eigenvalue weighted by Gasteiger charge is 2.05. The molecule has 2 aromatic rings. The van der Waals surface area contributed by atoms with Crippen LogP contribution in [0, 0.1) is 0 Å². The van der Waals surface area contributed by atoms with Gasteiger partial charge in [-0.2, -0.15) is 5.10 Å². The van der Waals surface area contributed by atoms with Gasteiger partial charge in [0.05, 0.1) is 12.4 Å². The first-order valence-corrected chi connectivity index (χ1v) is 6.18. The molecule has 2 rings (SSSR count). The lowest BCUT2D eigenvalue weighted by Crippen LogP contribution is -1.99. The minimum atomic E-state index is 0.311. The Labute approximate surface area is 111 Å². The predicted octanol–water partition coefficient (Wildman–Crippen LogP) is 3.37. The van der Waals surface area contributed by atoms with Crippen LogP contribution in [0.1, 0.15) is 25.5 Å². The van der Waals surface area contributed by atoms with Gasteiger partial charge in [-0.15, -0.1) is 0 Å². The maximum Gasteiger partial charge on any atom is 0.165 e. The Kier molecular flexibility index (Phi) is 3.89. The third-order valence-electron chi connectivity index (χ3n) is 2.59. The molecule has 2 N–H and O–H groups in total. The molecular formula is C13H16ClN3O. The molecule has 0 bridgehead atoms. The summed E-state index contributed by atoms with van der Waals surface area (Å²) in [5.41, 5.74) is 6.46. The summed E-state index contributed by atoms with van der Waals surface area (Å²) in [6, 6.07) is 5.78. The van der Waals surface area contributed by atoms with Gasteiger partial charge in [0.15, 0.2) is 5.75 Å². The lowest BCUT2D eigenvalue weighted by molar-refractivity contribution is 0.477. The Morgan fingerprint density at radius 2 is 2.17 bits per heavy atom. The summed E-state index contributed by atoms with van der Waals surface area (Å²) in [7, 11) is 0. The van der Waals surface area contributed by atoms with Crippen LogP contribution in [0.25, 0.3) is 0 Å². The van der Waals surface area contributed by atoms with E-state index in [9.17, 15) is 0 Å². The van der Waals surface area contributed by atoms with E-state index in [-0.39, 0.29) is 0 Å². The predicted molar refractivity (Wildman–Crippen MR) is 72.0 cm³/mol. The molecular weight excluding hydrogens is 250 g/mol. The Morgan fingerprint density at radius 1 is 1.39 bits per heavy atom. The normalized spacial score (nSPS) is 10.9. The Morgan fingerprint density at radius 3 is 2.72 bits per heavy atom. The van der Waals surface area contributed by atoms with Gasteiger partial charge in [-0.3, -0.25) is 4.68 Å². The molecule has 96 valence electrons. The fraction of sp³-hybridized carbons (Fsp3) is 0.308. The molecule has 18 heavy (non-hydrogen) atoms. The molecule has 0 aliphatic rings. The molecule has 5 heteroatoms. The molecule has 1 aromatic heterocycles. The Balaban J connectivity index is 2.15. The van der Waals surface area contributed by atoms with Crippen molar-refractivity contribution < 1.29 is 4.74 Å². The Bertz CT molecular complexity index is 537. The second-order valence-electron chi connectivity index (χ2n) is 4.31. The summed E-state index contributed by atoms with van der Waals surface area (Å²) < 4.78 is 7.52. The first kappa shape index (κ1) is 12.9. The van der Waals surface area contributed by atoms with Crippen molar-refractivity contribution in [2.24, 2.45) is 5.73 Å². The lowest BCUT2D eigenvalue weighted by atomic mass is 10.2. The Hall–Kier alpha value is -1.52. The molecule has 1 aromatic carbocycles. The molecule has 0 saturated carbocycles. The van der Waals surface area contributed by atoms with Crippen LogP contribution in [0.15, 0.2) is 30.6 Å². The van der Waals surface area contributed by atoms with Crippen LogP contribution in [0.4, 0.5) is 0 Å². The second kappa shape index (κ2) is 5.42. The number of halogens is 1. The van der Waals surface area contributed by atoms with Gasteiger partial charge in [-0.05, 0) is 31.5 Å². The zero-order chi connectivity index (χ0) is 13.1. The molecule has 0 spiro atoms. The number of benzene rings is 1. The maximum absolute atomic E-state index is 6.07. The van der Waals surface area contributed by atoms with Crippen LogP contribution in [-0.2, 0) is 6.54 Å². The topological polar surface area (TPSA) is 53.1 Å². The van der Waals surface area contributed by atoms with Gasteiger partial charge < -0.3 is 10.5 Å². The van der Waals surface area contributed by atoms with Crippen LogP contribution in [-0.4, -0.2) is 9.78 Å². The smallest absolute Gasteiger partial charge is 0.165 e. The minimum Gasteiger partial charge on any atom is -0.454 e. The number of nitrogens with zero attached hydrogens (tertiary/aromatic N) is 2. The van der Waals surface area contributed by atoms with E-state index in [0.717, 1.165) is 5.56 Å². The van der Waals surface area contributed by atoms with E-state index in [1.165, 1.54) is 0 Å². The van der Waals surface area contributed by atoms with E-state index in [4.69, 9.17) is 22.1 Å². The van der Waals surface area contributed by atoms with Gasteiger partial charge in [0.1, 0.15) is 5.75 Å². The summed E-state index contributed by atoms with van der Waals surface area (Å²) >= 11 is 6.07. The zero-order valence-corrected chi connectivity index (χ0v) is 11.2. The largest absolute Gasteiger partial charge is 0.454 e. The van der Waals surface area contributed by atoms with Crippen molar-refractivity contribution >= 4 is 11.6 Å². The van der Waals surface area contributed by atoms with E-state index in [1.54, 1.807) is 12.3 Å². The summed E-state index contributed by atoms with van der Waals surface area (Å²) in [5, 5.41) is 4.82. The van der Waals surface area contributed by atoms with Crippen molar-refractivity contribution in [1.29, 1.82) is 0 Å². The third kappa shape index (κ3) is 2.83. The van der Waals surface area contributed by atoms with Crippen molar-refractivity contribution in [3.8, 4) is 11.5 Å². The van der Waals surface area contributed by atoms with Gasteiger partial charge in [0, 0.05) is 17.6 Å². The standard InChI is InChI=1S/C13H16ClN3O/c1-9(2)17-8-12(7-16-17)18-11-4-3-10(6-15)13(14)5-11/h3-5,7-9H,6,15H2,1-2H3. The van der Waals surface area contributed by atoms with Crippen LogP contribution >= 0.6 is 11.6 Å². The number of hydrogen-bond acceptors (Lipinski definition) is 3. The van der Waals surface area contributed by atoms with Gasteiger partial charge >= 0.3 is 0 Å². The average molecular weight is 266 g/mol. The molecule has 0 aliphatic carbocycles. The zero-order valence-electron chi connectivity index (χ0n) is 10.4. The molecule has 0 fully saturated rings. The van der Waals surface area contributed by atoms with E-state index >= 15 is 0 Å². The number of nitrogens with two attached hydrogens (primary N) is 1. The first-order valence-electron chi connectivity index (χ1n) is 5.80. The van der Waals surface area contributed by atoms with Crippen LogP contribution in [0.5, 0.6) is 11.5 Å². The summed E-state index contributed by atoms with van der Waals surface area (Å²) in [6.07, 6.45) is 3.54. The van der Waals surface area contributed by atoms with Crippen molar-refractivity contribution in [3.05, 3.63) is 41.2 Å². The van der Waals surface area contributed by atoms with Crippen molar-refractivity contribution in [1.82, 2.24) is 9.78 Å². The highest BCUT2D eigenvalue weighted by molar-refractivity contribution is 6.31. The van der Waals surface area contributed by atoms with Gasteiger partial charge in [-0.25, -0.2) is 0 Å². The SMILES string of the molecule is CC(C)n1cc(Oc2ccc(CN)c(Cl)c2)cn1. The van der Waals surface area contributed by atoms with Crippen molar-refractivity contribution in [3.63, 3.8) is 0 Å². The van der Waals surface area contributed by atoms with Crippen molar-refractivity contribution in [2.75, 3.05) is 0 Å². The van der Waals surface area contributed by atoms with Crippen molar-refractivity contribution in [2.45, 2.75) is 26.4 Å². The van der Waals surface area contributed by atoms with E-state index < -0.39 is 0 Å². The number of aromatic nitrogens is 2.